The molecule has 0 saturated carbocycles. The number of fused-ring (bicyclic) bond motifs is 2. The maximum atomic E-state index is 13.8. The summed E-state index contributed by atoms with van der Waals surface area (Å²) in [5.74, 6) is -0.985. The lowest BCUT2D eigenvalue weighted by Crippen LogP contribution is -2.59. The Morgan fingerprint density at radius 2 is 1.85 bits per heavy atom. The molecule has 2 aliphatic heterocycles. The van der Waals surface area contributed by atoms with E-state index < -0.39 is 30.3 Å². The van der Waals surface area contributed by atoms with Gasteiger partial charge in [-0.1, -0.05) is 84.1 Å². The average molecular weight is 667 g/mol. The maximum Gasteiger partial charge on any atom is 0.325 e. The number of phenols is 1. The van der Waals surface area contributed by atoms with Gasteiger partial charge in [0.2, 0.25) is 11.8 Å². The van der Waals surface area contributed by atoms with Gasteiger partial charge in [-0.05, 0) is 73.1 Å². The fraction of sp³-hybridized carbons (Fsp3) is 0.605. The third-order valence-corrected chi connectivity index (χ3v) is 9.20. The summed E-state index contributed by atoms with van der Waals surface area (Å²) in [4.78, 5) is 40.5. The summed E-state index contributed by atoms with van der Waals surface area (Å²) in [6, 6.07) is 5.23. The van der Waals surface area contributed by atoms with Crippen LogP contribution in [0, 0.1) is 23.7 Å². The third-order valence-electron chi connectivity index (χ3n) is 9.20. The number of aromatic hydroxyl groups is 1. The largest absolute Gasteiger partial charge is 0.508 e. The van der Waals surface area contributed by atoms with Gasteiger partial charge in [-0.2, -0.15) is 0 Å². The number of amides is 2. The molecule has 1 aromatic rings. The van der Waals surface area contributed by atoms with Gasteiger partial charge < -0.3 is 25.6 Å². The lowest BCUT2D eigenvalue weighted by atomic mass is 9.87. The highest BCUT2D eigenvalue weighted by molar-refractivity contribution is 5.88. The first-order chi connectivity index (χ1) is 22.7. The van der Waals surface area contributed by atoms with Gasteiger partial charge >= 0.3 is 5.97 Å². The lowest BCUT2D eigenvalue weighted by molar-refractivity contribution is -0.153. The molecule has 0 aromatic heterocycles. The molecule has 2 unspecified atom stereocenters. The highest BCUT2D eigenvalue weighted by atomic mass is 16.5. The highest BCUT2D eigenvalue weighted by Crippen LogP contribution is 2.22. The normalized spacial score (nSPS) is 32.0. The summed E-state index contributed by atoms with van der Waals surface area (Å²) in [6.07, 6.45) is 10.6. The number of esters is 1. The Morgan fingerprint density at radius 1 is 1.10 bits per heavy atom. The molecule has 2 heterocycles. The third kappa shape index (κ3) is 12.5. The molecule has 5 N–H and O–H groups in total. The number of aliphatic hydroxyl groups is 1. The van der Waals surface area contributed by atoms with Crippen LogP contribution < -0.4 is 16.1 Å². The number of nitrogens with one attached hydrogen (secondary N) is 3. The van der Waals surface area contributed by atoms with Crippen LogP contribution in [0.5, 0.6) is 5.75 Å². The molecular formula is C38H58N4O6. The summed E-state index contributed by atoms with van der Waals surface area (Å²) in [5.41, 5.74) is 5.17. The number of carbonyl (C=O) groups excluding carboxylic acids is 3. The first-order valence-corrected chi connectivity index (χ1v) is 17.5. The number of hydrazine groups is 1. The van der Waals surface area contributed by atoms with Crippen molar-refractivity contribution in [3.8, 4) is 5.75 Å². The number of aliphatic hydroxyl groups excluding tert-OH is 1. The van der Waals surface area contributed by atoms with E-state index >= 15 is 0 Å². The minimum absolute atomic E-state index is 0.138. The van der Waals surface area contributed by atoms with Crippen molar-refractivity contribution in [3.05, 3.63) is 65.8 Å². The molecular weight excluding hydrogens is 608 g/mol. The van der Waals surface area contributed by atoms with Crippen LogP contribution in [-0.2, 0) is 25.5 Å². The number of carbonyl (C=O) groups is 3. The second-order valence-electron chi connectivity index (χ2n) is 14.3. The van der Waals surface area contributed by atoms with Gasteiger partial charge in [-0.3, -0.25) is 14.4 Å². The van der Waals surface area contributed by atoms with Gasteiger partial charge in [0.15, 0.2) is 0 Å². The molecule has 48 heavy (non-hydrogen) atoms. The molecule has 1 aromatic carbocycles. The topological polar surface area (TPSA) is 140 Å². The SMILES string of the molecule is C/C(=C\C(C)C)[C@@H]1C/C=C/C=C/[C@@H](O)C(C)[C@@H](C)CC(=O)N[C@@H](C(C)C)C(=O)N[C@@H](Cc2cccc(O)c2)CN2CCC[C@H](N2)C(=O)O1. The minimum atomic E-state index is -0.769. The van der Waals surface area contributed by atoms with E-state index in [0.717, 1.165) is 17.6 Å². The monoisotopic (exact) mass is 666 g/mol. The molecule has 1 fully saturated rings. The highest BCUT2D eigenvalue weighted by Gasteiger charge is 2.32. The van der Waals surface area contributed by atoms with Crippen molar-refractivity contribution in [1.82, 2.24) is 21.1 Å². The predicted molar refractivity (Wildman–Crippen MR) is 189 cm³/mol. The van der Waals surface area contributed by atoms with E-state index in [2.05, 4.69) is 36.0 Å². The van der Waals surface area contributed by atoms with Gasteiger partial charge in [-0.15, -0.1) is 0 Å². The quantitative estimate of drug-likeness (QED) is 0.227. The molecule has 10 nitrogen and oxygen atoms in total. The Morgan fingerprint density at radius 3 is 2.54 bits per heavy atom. The van der Waals surface area contributed by atoms with Crippen molar-refractivity contribution in [1.29, 1.82) is 0 Å². The second-order valence-corrected chi connectivity index (χ2v) is 14.3. The van der Waals surface area contributed by atoms with Crippen LogP contribution >= 0.6 is 0 Å². The molecule has 2 aliphatic rings. The Kier molecular flexibility index (Phi) is 15.4. The standard InChI is InChI=1S/C38H58N4O6/c1-24(2)19-27(6)34-17-10-8-9-16-33(44)28(7)26(5)20-35(45)40-36(25(3)4)37(46)39-30(21-29-13-11-14-31(43)22-29)23-42-18-12-15-32(41-42)38(47)48-34/h8-11,13-14,16,19,22,24-26,28,30,32-34,36,41,43-44H,12,15,17-18,20-21,23H2,1-7H3,(H,39,46)(H,40,45)/b10-8+,16-9+,27-19+/t26-,28?,30-,32-,33+,34-,36-/m0/s1. The van der Waals surface area contributed by atoms with Crippen molar-refractivity contribution in [2.24, 2.45) is 23.7 Å². The van der Waals surface area contributed by atoms with Crippen LogP contribution in [0.2, 0.25) is 0 Å². The van der Waals surface area contributed by atoms with E-state index in [0.29, 0.717) is 38.3 Å². The number of nitrogens with zero attached hydrogens (tertiary/aromatic N) is 1. The zero-order chi connectivity index (χ0) is 35.4. The molecule has 2 amide bonds. The van der Waals surface area contributed by atoms with Crippen molar-refractivity contribution >= 4 is 17.8 Å². The molecule has 2 bridgehead atoms. The number of hydrogen-bond acceptors (Lipinski definition) is 8. The van der Waals surface area contributed by atoms with Crippen LogP contribution in [0.15, 0.2) is 60.2 Å². The van der Waals surface area contributed by atoms with Gasteiger partial charge in [0.1, 0.15) is 23.9 Å². The van der Waals surface area contributed by atoms with E-state index in [1.165, 1.54) is 0 Å². The summed E-state index contributed by atoms with van der Waals surface area (Å²) in [7, 11) is 0. The van der Waals surface area contributed by atoms with Crippen LogP contribution in [-0.4, -0.2) is 76.4 Å². The Bertz CT molecular complexity index is 1310. The van der Waals surface area contributed by atoms with Crippen molar-refractivity contribution < 1.29 is 29.3 Å². The van der Waals surface area contributed by atoms with Gasteiger partial charge in [0.05, 0.1) is 6.10 Å². The fourth-order valence-electron chi connectivity index (χ4n) is 6.24. The Hall–Kier alpha value is -3.47. The average Bonchev–Trinajstić information content (AvgIpc) is 3.01. The van der Waals surface area contributed by atoms with Crippen LogP contribution in [0.25, 0.3) is 0 Å². The lowest BCUT2D eigenvalue weighted by Gasteiger charge is -2.36. The Balaban J connectivity index is 1.93. The van der Waals surface area contributed by atoms with Gasteiger partial charge in [-0.25, -0.2) is 10.4 Å². The number of hydrogen-bond donors (Lipinski definition) is 5. The molecule has 3 rings (SSSR count). The van der Waals surface area contributed by atoms with Crippen molar-refractivity contribution in [3.63, 3.8) is 0 Å². The van der Waals surface area contributed by atoms with E-state index in [1.807, 2.05) is 57.8 Å². The number of rotatable bonds is 5. The van der Waals surface area contributed by atoms with E-state index in [-0.39, 0.29) is 47.7 Å². The minimum Gasteiger partial charge on any atom is -0.508 e. The van der Waals surface area contributed by atoms with Gasteiger partial charge in [0.25, 0.3) is 0 Å². The molecule has 8 atom stereocenters. The summed E-state index contributed by atoms with van der Waals surface area (Å²) < 4.78 is 6.11. The fourth-order valence-corrected chi connectivity index (χ4v) is 6.24. The first-order valence-electron chi connectivity index (χ1n) is 17.5. The second kappa shape index (κ2) is 18.9. The molecule has 266 valence electrons. The molecule has 10 heteroatoms. The summed E-state index contributed by atoms with van der Waals surface area (Å²) >= 11 is 0. The van der Waals surface area contributed by atoms with Crippen LogP contribution in [0.3, 0.4) is 0 Å². The predicted octanol–water partition coefficient (Wildman–Crippen LogP) is 4.58. The Labute approximate surface area is 287 Å². The number of phenolic OH excluding ortho intramolecular Hbond substituents is 1. The summed E-state index contributed by atoms with van der Waals surface area (Å²) in [5, 5.41) is 29.0. The zero-order valence-electron chi connectivity index (χ0n) is 29.8. The van der Waals surface area contributed by atoms with E-state index in [9.17, 15) is 24.6 Å². The first kappa shape index (κ1) is 39.0. The number of cyclic esters (lactones) is 1. The van der Waals surface area contributed by atoms with E-state index in [1.54, 1.807) is 30.4 Å². The van der Waals surface area contributed by atoms with Gasteiger partial charge in [0, 0.05) is 32.0 Å². The van der Waals surface area contributed by atoms with Crippen molar-refractivity contribution in [2.45, 2.75) is 111 Å². The zero-order valence-corrected chi connectivity index (χ0v) is 29.8. The van der Waals surface area contributed by atoms with E-state index in [4.69, 9.17) is 4.74 Å². The molecule has 1 saturated heterocycles. The van der Waals surface area contributed by atoms with Crippen LogP contribution in [0.1, 0.15) is 79.7 Å². The van der Waals surface area contributed by atoms with Crippen molar-refractivity contribution in [2.75, 3.05) is 13.1 Å². The number of allylic oxidation sites excluding steroid dienone is 3. The maximum absolute atomic E-state index is 13.8. The molecule has 0 spiro atoms. The smallest absolute Gasteiger partial charge is 0.325 e. The van der Waals surface area contributed by atoms with Crippen LogP contribution in [0.4, 0.5) is 0 Å². The molecule has 0 radical (unpaired) electrons. The number of benzene rings is 1. The molecule has 0 aliphatic carbocycles. The summed E-state index contributed by atoms with van der Waals surface area (Å²) in [6.45, 7) is 14.8. The number of ether oxygens (including phenoxy) is 1.